The number of fused-ring (bicyclic) bond motifs is 1. The van der Waals surface area contributed by atoms with Gasteiger partial charge in [0.1, 0.15) is 10.7 Å². The number of Topliss-reactive ketones (excluding diaryl/α,β-unsaturated/α-hetero) is 1. The van der Waals surface area contributed by atoms with Crippen LogP contribution in [0, 0.1) is 5.82 Å². The van der Waals surface area contributed by atoms with Gasteiger partial charge in [0.25, 0.3) is 5.91 Å². The third kappa shape index (κ3) is 4.94. The molecule has 0 spiro atoms. The Morgan fingerprint density at radius 2 is 2.06 bits per heavy atom. The van der Waals surface area contributed by atoms with Crippen molar-refractivity contribution in [3.05, 3.63) is 92.7 Å². The first kappa shape index (κ1) is 22.6. The fourth-order valence-corrected chi connectivity index (χ4v) is 4.33. The number of anilines is 1. The molecule has 168 valence electrons. The lowest BCUT2D eigenvalue weighted by atomic mass is 10.0. The van der Waals surface area contributed by atoms with E-state index in [9.17, 15) is 18.2 Å². The average molecular weight is 486 g/mol. The van der Waals surface area contributed by atoms with Gasteiger partial charge in [0.05, 0.1) is 17.8 Å². The summed E-state index contributed by atoms with van der Waals surface area (Å²) in [5, 5.41) is 2.66. The van der Waals surface area contributed by atoms with Crippen LogP contribution >= 0.6 is 11.6 Å². The number of ether oxygens (including phenoxy) is 1. The highest BCUT2D eigenvalue weighted by Crippen LogP contribution is 2.30. The Morgan fingerprint density at radius 1 is 1.24 bits per heavy atom. The van der Waals surface area contributed by atoms with Gasteiger partial charge < -0.3 is 14.8 Å². The highest BCUT2D eigenvalue weighted by Gasteiger charge is 2.28. The Hall–Kier alpha value is -3.56. The van der Waals surface area contributed by atoms with Crippen LogP contribution in [-0.2, 0) is 17.5 Å². The minimum absolute atomic E-state index is 0.0351. The van der Waals surface area contributed by atoms with E-state index < -0.39 is 22.6 Å². The minimum Gasteiger partial charge on any atom is -0.481 e. The van der Waals surface area contributed by atoms with Gasteiger partial charge in [0, 0.05) is 29.9 Å². The van der Waals surface area contributed by atoms with E-state index >= 15 is 0 Å². The van der Waals surface area contributed by atoms with Gasteiger partial charge in [0.2, 0.25) is 11.7 Å². The van der Waals surface area contributed by atoms with Crippen molar-refractivity contribution in [1.82, 2.24) is 10.3 Å². The number of amides is 1. The molecule has 2 N–H and O–H groups in total. The van der Waals surface area contributed by atoms with Crippen LogP contribution in [0.15, 0.2) is 59.6 Å². The van der Waals surface area contributed by atoms with Gasteiger partial charge in [-0.1, -0.05) is 23.7 Å². The summed E-state index contributed by atoms with van der Waals surface area (Å²) >= 11 is 5.79. The summed E-state index contributed by atoms with van der Waals surface area (Å²) in [6.07, 6.45) is 2.97. The molecule has 3 aromatic rings. The van der Waals surface area contributed by atoms with Gasteiger partial charge in [-0.25, -0.2) is 13.6 Å². The van der Waals surface area contributed by atoms with E-state index in [1.54, 1.807) is 18.3 Å². The number of aromatic nitrogens is 1. The van der Waals surface area contributed by atoms with E-state index in [1.165, 1.54) is 43.5 Å². The highest BCUT2D eigenvalue weighted by molar-refractivity contribution is 7.91. The Labute approximate surface area is 196 Å². The molecule has 0 saturated heterocycles. The highest BCUT2D eigenvalue weighted by atomic mass is 35.5. The van der Waals surface area contributed by atoms with Crippen molar-refractivity contribution in [1.29, 1.82) is 0 Å². The van der Waals surface area contributed by atoms with Crippen molar-refractivity contribution < 1.29 is 22.9 Å². The fraction of sp³-hybridized carbons (Fsp3) is 0.0870. The first-order valence-electron chi connectivity index (χ1n) is 9.67. The number of halogens is 2. The first-order chi connectivity index (χ1) is 15.9. The maximum atomic E-state index is 13.4. The number of hydrogen-bond donors (Lipinski definition) is 2. The van der Waals surface area contributed by atoms with Gasteiger partial charge in [-0.15, -0.1) is 0 Å². The molecule has 2 heterocycles. The van der Waals surface area contributed by atoms with Crippen molar-refractivity contribution in [3.8, 4) is 5.88 Å². The van der Waals surface area contributed by atoms with E-state index in [1.807, 2.05) is 0 Å². The van der Waals surface area contributed by atoms with Crippen LogP contribution in [0.25, 0.3) is 6.08 Å². The van der Waals surface area contributed by atoms with Gasteiger partial charge in [-0.3, -0.25) is 9.59 Å². The molecule has 0 fully saturated rings. The number of nitrogens with one attached hydrogen (secondary N) is 2. The standard InChI is InChI=1S/C23H17ClFN3O4S/c1-32-21-7-3-14(11-26-21)12-27-23(30)15-4-6-19-16(10-15)22(29)20(33(31)28-19)9-13-2-5-18(25)17(24)8-13/h2-11,28H,12H2,1H3,(H,27,30)/b20-9-. The number of carbonyl (C=O) groups is 2. The lowest BCUT2D eigenvalue weighted by molar-refractivity contribution is 0.0951. The quantitative estimate of drug-likeness (QED) is 0.530. The number of carbonyl (C=O) groups excluding carboxylic acids is 2. The van der Waals surface area contributed by atoms with Crippen LogP contribution in [0.4, 0.5) is 10.1 Å². The number of nitrogens with zero attached hydrogens (tertiary/aromatic N) is 1. The predicted octanol–water partition coefficient (Wildman–Crippen LogP) is 4.13. The molecule has 33 heavy (non-hydrogen) atoms. The summed E-state index contributed by atoms with van der Waals surface area (Å²) in [6, 6.07) is 11.9. The molecule has 1 atom stereocenters. The molecule has 0 radical (unpaired) electrons. The number of methoxy groups -OCH3 is 1. The molecule has 1 aliphatic heterocycles. The topological polar surface area (TPSA) is 97.4 Å². The largest absolute Gasteiger partial charge is 0.481 e. The zero-order chi connectivity index (χ0) is 23.5. The van der Waals surface area contributed by atoms with Gasteiger partial charge in [0.15, 0.2) is 11.0 Å². The summed E-state index contributed by atoms with van der Waals surface area (Å²) in [6.45, 7) is 0.236. The molecule has 0 bridgehead atoms. The van der Waals surface area contributed by atoms with Crippen LogP contribution < -0.4 is 14.8 Å². The second kappa shape index (κ2) is 9.51. The van der Waals surface area contributed by atoms with Gasteiger partial charge in [-0.05, 0) is 47.5 Å². The van der Waals surface area contributed by atoms with Crippen molar-refractivity contribution in [3.63, 3.8) is 0 Å². The molecular weight excluding hydrogens is 469 g/mol. The van der Waals surface area contributed by atoms with Crippen molar-refractivity contribution in [2.45, 2.75) is 6.54 Å². The van der Waals surface area contributed by atoms with E-state index in [4.69, 9.17) is 16.3 Å². The molecule has 2 aromatic carbocycles. The lowest BCUT2D eigenvalue weighted by Crippen LogP contribution is -2.25. The average Bonchev–Trinajstić information content (AvgIpc) is 2.82. The maximum absolute atomic E-state index is 13.4. The molecule has 1 aliphatic rings. The molecule has 1 aromatic heterocycles. The smallest absolute Gasteiger partial charge is 0.251 e. The Morgan fingerprint density at radius 3 is 2.76 bits per heavy atom. The maximum Gasteiger partial charge on any atom is 0.251 e. The number of pyridine rings is 1. The predicted molar refractivity (Wildman–Crippen MR) is 124 cm³/mol. The molecule has 0 saturated carbocycles. The van der Waals surface area contributed by atoms with Crippen LogP contribution in [0.1, 0.15) is 31.8 Å². The molecule has 0 aliphatic carbocycles. The fourth-order valence-electron chi connectivity index (χ4n) is 3.13. The van der Waals surface area contributed by atoms with Crippen LogP contribution in [0.2, 0.25) is 5.02 Å². The van der Waals surface area contributed by atoms with Gasteiger partial charge >= 0.3 is 0 Å². The zero-order valence-corrected chi connectivity index (χ0v) is 18.8. The van der Waals surface area contributed by atoms with E-state index in [2.05, 4.69) is 15.0 Å². The number of rotatable bonds is 5. The minimum atomic E-state index is -1.82. The van der Waals surface area contributed by atoms with E-state index in [0.29, 0.717) is 17.1 Å². The monoisotopic (exact) mass is 485 g/mol. The van der Waals surface area contributed by atoms with Crippen LogP contribution in [0.5, 0.6) is 5.88 Å². The number of allylic oxidation sites excluding steroid dienone is 1. The Bertz CT molecular complexity index is 1310. The summed E-state index contributed by atoms with van der Waals surface area (Å²) in [4.78, 5) is 29.7. The van der Waals surface area contributed by atoms with E-state index in [0.717, 1.165) is 11.6 Å². The normalized spacial score (nSPS) is 16.2. The molecule has 1 unspecified atom stereocenters. The second-order valence-electron chi connectivity index (χ2n) is 7.03. The lowest BCUT2D eigenvalue weighted by Gasteiger charge is -2.19. The first-order valence-corrected chi connectivity index (χ1v) is 11.2. The summed E-state index contributed by atoms with van der Waals surface area (Å²) in [5.74, 6) is -1.02. The third-order valence-electron chi connectivity index (χ3n) is 4.85. The SMILES string of the molecule is COc1ccc(CNC(=O)c2ccc3c(c2)C(=O)/C(=C/c2ccc(F)c(Cl)c2)S(=O)N3)cn1. The number of benzene rings is 2. The molecule has 7 nitrogen and oxygen atoms in total. The molecular formula is C23H17ClFN3O4S. The Balaban J connectivity index is 1.55. The molecule has 4 rings (SSSR count). The van der Waals surface area contributed by atoms with Gasteiger partial charge in [-0.2, -0.15) is 0 Å². The van der Waals surface area contributed by atoms with Crippen molar-refractivity contribution in [2.75, 3.05) is 11.8 Å². The summed E-state index contributed by atoms with van der Waals surface area (Å²) in [7, 11) is -0.309. The zero-order valence-electron chi connectivity index (χ0n) is 17.2. The van der Waals surface area contributed by atoms with Crippen LogP contribution in [0.3, 0.4) is 0 Å². The second-order valence-corrected chi connectivity index (χ2v) is 8.62. The third-order valence-corrected chi connectivity index (χ3v) is 6.25. The summed E-state index contributed by atoms with van der Waals surface area (Å²) in [5.41, 5.74) is 2.02. The Kier molecular flexibility index (Phi) is 6.52. The number of ketones is 1. The van der Waals surface area contributed by atoms with Crippen molar-refractivity contribution >= 4 is 46.0 Å². The van der Waals surface area contributed by atoms with E-state index in [-0.39, 0.29) is 33.5 Å². The number of hydrogen-bond acceptors (Lipinski definition) is 5. The van der Waals surface area contributed by atoms with Crippen LogP contribution in [-0.4, -0.2) is 28.0 Å². The molecule has 1 amide bonds. The van der Waals surface area contributed by atoms with Crippen molar-refractivity contribution in [2.24, 2.45) is 0 Å². The molecule has 10 heteroatoms. The summed E-state index contributed by atoms with van der Waals surface area (Å²) < 4.78 is 33.7.